The molecule has 1 rings (SSSR count). The van der Waals surface area contributed by atoms with Gasteiger partial charge in [0.25, 0.3) is 0 Å². The second-order valence-electron chi connectivity index (χ2n) is 3.17. The van der Waals surface area contributed by atoms with Crippen molar-refractivity contribution in [1.82, 2.24) is 4.98 Å². The summed E-state index contributed by atoms with van der Waals surface area (Å²) >= 11 is 0. The number of amidine groups is 1. The zero-order valence-corrected chi connectivity index (χ0v) is 8.59. The lowest BCUT2D eigenvalue weighted by Gasteiger charge is -2.07. The Labute approximate surface area is 84.1 Å². The van der Waals surface area contributed by atoms with E-state index in [2.05, 4.69) is 17.2 Å². The van der Waals surface area contributed by atoms with Gasteiger partial charge in [0.2, 0.25) is 0 Å². The van der Waals surface area contributed by atoms with Crippen LogP contribution in [0, 0.1) is 12.3 Å². The van der Waals surface area contributed by atoms with Crippen LogP contribution in [-0.4, -0.2) is 17.4 Å². The molecule has 0 saturated heterocycles. The average molecular weight is 192 g/mol. The number of aryl methyl sites for hydroxylation is 1. The molecule has 4 heteroatoms. The Kier molecular flexibility index (Phi) is 3.45. The van der Waals surface area contributed by atoms with E-state index in [1.54, 1.807) is 0 Å². The van der Waals surface area contributed by atoms with Crippen molar-refractivity contribution >= 4 is 11.7 Å². The molecular formula is C10H16N4. The van der Waals surface area contributed by atoms with Gasteiger partial charge in [-0.3, -0.25) is 5.41 Å². The lowest BCUT2D eigenvalue weighted by atomic mass is 10.2. The van der Waals surface area contributed by atoms with Crippen LogP contribution in [0.4, 0.5) is 5.82 Å². The van der Waals surface area contributed by atoms with Gasteiger partial charge in [0, 0.05) is 12.1 Å². The summed E-state index contributed by atoms with van der Waals surface area (Å²) in [5.41, 5.74) is 6.88. The van der Waals surface area contributed by atoms with Crippen molar-refractivity contribution in [3.8, 4) is 0 Å². The molecule has 1 aromatic rings. The first kappa shape index (κ1) is 10.5. The minimum Gasteiger partial charge on any atom is -0.384 e. The van der Waals surface area contributed by atoms with Crippen LogP contribution in [0.1, 0.15) is 24.6 Å². The average Bonchev–Trinajstić information content (AvgIpc) is 2.14. The fourth-order valence-corrected chi connectivity index (χ4v) is 1.20. The lowest BCUT2D eigenvalue weighted by molar-refractivity contribution is 0.965. The molecule has 76 valence electrons. The molecule has 0 bridgehead atoms. The molecule has 1 aromatic heterocycles. The van der Waals surface area contributed by atoms with Gasteiger partial charge in [-0.15, -0.1) is 0 Å². The summed E-state index contributed by atoms with van der Waals surface area (Å²) in [4.78, 5) is 4.30. The summed E-state index contributed by atoms with van der Waals surface area (Å²) in [6, 6.07) is 3.67. The monoisotopic (exact) mass is 192 g/mol. The lowest BCUT2D eigenvalue weighted by Crippen LogP contribution is -2.14. The maximum atomic E-state index is 7.30. The molecule has 0 unspecified atom stereocenters. The van der Waals surface area contributed by atoms with Gasteiger partial charge < -0.3 is 11.1 Å². The van der Waals surface area contributed by atoms with Crippen LogP contribution in [0.15, 0.2) is 12.1 Å². The van der Waals surface area contributed by atoms with E-state index >= 15 is 0 Å². The first-order valence-corrected chi connectivity index (χ1v) is 4.71. The summed E-state index contributed by atoms with van der Waals surface area (Å²) in [6.07, 6.45) is 1.06. The third kappa shape index (κ3) is 2.45. The first-order valence-electron chi connectivity index (χ1n) is 4.71. The Balaban J connectivity index is 2.83. The number of nitrogens with one attached hydrogen (secondary N) is 2. The van der Waals surface area contributed by atoms with E-state index in [0.29, 0.717) is 5.56 Å². The Hall–Kier alpha value is -1.58. The van der Waals surface area contributed by atoms with Gasteiger partial charge in [-0.25, -0.2) is 4.98 Å². The normalized spacial score (nSPS) is 9.86. The highest BCUT2D eigenvalue weighted by Gasteiger charge is 2.03. The van der Waals surface area contributed by atoms with E-state index in [1.807, 2.05) is 19.1 Å². The van der Waals surface area contributed by atoms with Gasteiger partial charge in [0.15, 0.2) is 0 Å². The fourth-order valence-electron chi connectivity index (χ4n) is 1.20. The number of rotatable bonds is 4. The SMILES string of the molecule is CCCNc1ccc(C(=N)N)c(C)n1. The summed E-state index contributed by atoms with van der Waals surface area (Å²) in [6.45, 7) is 4.86. The van der Waals surface area contributed by atoms with Crippen LogP contribution in [0.2, 0.25) is 0 Å². The standard InChI is InChI=1S/C10H16N4/c1-3-6-13-9-5-4-8(10(11)12)7(2)14-9/h4-5H,3,6H2,1-2H3,(H3,11,12)(H,13,14). The van der Waals surface area contributed by atoms with Gasteiger partial charge >= 0.3 is 0 Å². The smallest absolute Gasteiger partial charge is 0.126 e. The molecule has 4 N–H and O–H groups in total. The van der Waals surface area contributed by atoms with E-state index in [0.717, 1.165) is 24.5 Å². The van der Waals surface area contributed by atoms with Crippen LogP contribution < -0.4 is 11.1 Å². The topological polar surface area (TPSA) is 74.8 Å². The molecule has 0 spiro atoms. The van der Waals surface area contributed by atoms with Crippen molar-refractivity contribution in [2.24, 2.45) is 5.73 Å². The third-order valence-electron chi connectivity index (χ3n) is 1.93. The van der Waals surface area contributed by atoms with Gasteiger partial charge in [0.05, 0.1) is 5.69 Å². The molecule has 0 aliphatic carbocycles. The van der Waals surface area contributed by atoms with Gasteiger partial charge in [-0.1, -0.05) is 6.92 Å². The van der Waals surface area contributed by atoms with Crippen molar-refractivity contribution < 1.29 is 0 Å². The maximum absolute atomic E-state index is 7.30. The highest BCUT2D eigenvalue weighted by molar-refractivity contribution is 5.96. The molecule has 0 atom stereocenters. The van der Waals surface area contributed by atoms with Gasteiger partial charge in [-0.2, -0.15) is 0 Å². The highest BCUT2D eigenvalue weighted by atomic mass is 15.0. The van der Waals surface area contributed by atoms with Crippen LogP contribution in [-0.2, 0) is 0 Å². The van der Waals surface area contributed by atoms with Crippen molar-refractivity contribution in [2.45, 2.75) is 20.3 Å². The number of pyridine rings is 1. The molecule has 0 aliphatic rings. The number of nitrogen functional groups attached to an aromatic ring is 1. The zero-order valence-electron chi connectivity index (χ0n) is 8.59. The number of hydrogen-bond donors (Lipinski definition) is 3. The Morgan fingerprint density at radius 2 is 2.29 bits per heavy atom. The number of hydrogen-bond acceptors (Lipinski definition) is 3. The Morgan fingerprint density at radius 1 is 1.57 bits per heavy atom. The summed E-state index contributed by atoms with van der Waals surface area (Å²) in [5.74, 6) is 0.909. The zero-order chi connectivity index (χ0) is 10.6. The van der Waals surface area contributed by atoms with Gasteiger partial charge in [-0.05, 0) is 25.5 Å². The predicted molar refractivity (Wildman–Crippen MR) is 58.8 cm³/mol. The minimum absolute atomic E-state index is 0.0667. The number of anilines is 1. The summed E-state index contributed by atoms with van der Waals surface area (Å²) in [5, 5.41) is 10.5. The number of aromatic nitrogens is 1. The Morgan fingerprint density at radius 3 is 2.79 bits per heavy atom. The molecule has 1 heterocycles. The quantitative estimate of drug-likeness (QED) is 0.500. The fraction of sp³-hybridized carbons (Fsp3) is 0.400. The second-order valence-corrected chi connectivity index (χ2v) is 3.17. The molecule has 0 radical (unpaired) electrons. The van der Waals surface area contributed by atoms with Gasteiger partial charge in [0.1, 0.15) is 11.7 Å². The number of nitrogens with zero attached hydrogens (tertiary/aromatic N) is 1. The van der Waals surface area contributed by atoms with Crippen molar-refractivity contribution in [3.05, 3.63) is 23.4 Å². The van der Waals surface area contributed by atoms with Crippen LogP contribution >= 0.6 is 0 Å². The minimum atomic E-state index is 0.0667. The predicted octanol–water partition coefficient (Wildman–Crippen LogP) is 1.50. The van der Waals surface area contributed by atoms with E-state index in [4.69, 9.17) is 11.1 Å². The molecule has 0 saturated carbocycles. The van der Waals surface area contributed by atoms with Crippen LogP contribution in [0.25, 0.3) is 0 Å². The van der Waals surface area contributed by atoms with Crippen molar-refractivity contribution in [3.63, 3.8) is 0 Å². The maximum Gasteiger partial charge on any atom is 0.126 e. The van der Waals surface area contributed by atoms with Crippen molar-refractivity contribution in [2.75, 3.05) is 11.9 Å². The van der Waals surface area contributed by atoms with Crippen LogP contribution in [0.5, 0.6) is 0 Å². The molecule has 0 amide bonds. The van der Waals surface area contributed by atoms with E-state index in [9.17, 15) is 0 Å². The van der Waals surface area contributed by atoms with E-state index in [1.165, 1.54) is 0 Å². The van der Waals surface area contributed by atoms with Crippen molar-refractivity contribution in [1.29, 1.82) is 5.41 Å². The van der Waals surface area contributed by atoms with E-state index < -0.39 is 0 Å². The first-order chi connectivity index (χ1) is 6.65. The largest absolute Gasteiger partial charge is 0.384 e. The molecular weight excluding hydrogens is 176 g/mol. The van der Waals surface area contributed by atoms with Crippen LogP contribution in [0.3, 0.4) is 0 Å². The Bertz CT molecular complexity index is 333. The number of nitrogens with two attached hydrogens (primary N) is 1. The molecule has 0 fully saturated rings. The highest BCUT2D eigenvalue weighted by Crippen LogP contribution is 2.09. The molecule has 14 heavy (non-hydrogen) atoms. The molecule has 0 aromatic carbocycles. The summed E-state index contributed by atoms with van der Waals surface area (Å²) in [7, 11) is 0. The van der Waals surface area contributed by atoms with E-state index in [-0.39, 0.29) is 5.84 Å². The summed E-state index contributed by atoms with van der Waals surface area (Å²) < 4.78 is 0. The molecule has 4 nitrogen and oxygen atoms in total. The second kappa shape index (κ2) is 4.60. The molecule has 0 aliphatic heterocycles. The third-order valence-corrected chi connectivity index (χ3v) is 1.93.